The fraction of sp³-hybridized carbons (Fsp3) is 0.190. The van der Waals surface area contributed by atoms with E-state index < -0.39 is 33.5 Å². The van der Waals surface area contributed by atoms with Crippen molar-refractivity contribution in [3.05, 3.63) is 70.9 Å². The largest absolute Gasteiger partial charge is 0.421 e. The molecule has 0 aliphatic rings. The lowest BCUT2D eigenvalue weighted by atomic mass is 10.1. The molecule has 0 aliphatic carbocycles. The minimum Gasteiger partial charge on any atom is -0.366 e. The molecule has 0 saturated carbocycles. The molecule has 9 nitrogen and oxygen atoms in total. The van der Waals surface area contributed by atoms with Gasteiger partial charge in [0.1, 0.15) is 11.4 Å². The van der Waals surface area contributed by atoms with Crippen molar-refractivity contribution in [1.29, 1.82) is 0 Å². The van der Waals surface area contributed by atoms with Gasteiger partial charge in [0.25, 0.3) is 0 Å². The van der Waals surface area contributed by atoms with Crippen LogP contribution in [0.2, 0.25) is 0 Å². The molecule has 5 N–H and O–H groups in total. The van der Waals surface area contributed by atoms with Crippen LogP contribution in [0.25, 0.3) is 0 Å². The van der Waals surface area contributed by atoms with Gasteiger partial charge in [0, 0.05) is 24.0 Å². The molecule has 180 valence electrons. The van der Waals surface area contributed by atoms with Gasteiger partial charge in [-0.1, -0.05) is 12.1 Å². The van der Waals surface area contributed by atoms with Crippen molar-refractivity contribution in [2.45, 2.75) is 19.6 Å². The van der Waals surface area contributed by atoms with E-state index in [0.29, 0.717) is 23.0 Å². The zero-order valence-corrected chi connectivity index (χ0v) is 18.9. The summed E-state index contributed by atoms with van der Waals surface area (Å²) in [5.74, 6) is -1.24. The Kier molecular flexibility index (Phi) is 6.96. The van der Waals surface area contributed by atoms with E-state index in [0.717, 1.165) is 6.26 Å². The van der Waals surface area contributed by atoms with Crippen molar-refractivity contribution in [3.8, 4) is 0 Å². The molecule has 0 spiro atoms. The lowest BCUT2D eigenvalue weighted by Crippen LogP contribution is -2.16. The Morgan fingerprint density at radius 2 is 1.79 bits per heavy atom. The standard InChI is InChI=1S/C21H21F3N6O3S/c1-12-4-3-5-17(30-34(2,32)33)15(12)10-26-19-16(21(22,23)24)11-27-20(29-19)28-14-8-6-13(7-9-14)18(25)31/h3-9,11,30H,10H2,1-2H3,(H2,25,31)(H2,26,27,28,29). The monoisotopic (exact) mass is 494 g/mol. The highest BCUT2D eigenvalue weighted by atomic mass is 32.2. The highest BCUT2D eigenvalue weighted by Gasteiger charge is 2.35. The number of nitrogens with one attached hydrogen (secondary N) is 3. The van der Waals surface area contributed by atoms with E-state index >= 15 is 0 Å². The summed E-state index contributed by atoms with van der Waals surface area (Å²) in [7, 11) is -3.60. The van der Waals surface area contributed by atoms with E-state index in [1.54, 1.807) is 19.1 Å². The number of primary amides is 1. The number of rotatable bonds is 8. The third kappa shape index (κ3) is 6.34. The molecule has 0 saturated heterocycles. The summed E-state index contributed by atoms with van der Waals surface area (Å²) in [6.45, 7) is 1.56. The smallest absolute Gasteiger partial charge is 0.366 e. The predicted octanol–water partition coefficient (Wildman–Crippen LogP) is 3.63. The van der Waals surface area contributed by atoms with E-state index in [4.69, 9.17) is 5.73 Å². The second-order valence-corrected chi connectivity index (χ2v) is 9.10. The van der Waals surface area contributed by atoms with Crippen molar-refractivity contribution < 1.29 is 26.4 Å². The Morgan fingerprint density at radius 3 is 2.38 bits per heavy atom. The first kappa shape index (κ1) is 24.8. The van der Waals surface area contributed by atoms with Crippen LogP contribution in [-0.2, 0) is 22.7 Å². The topological polar surface area (TPSA) is 139 Å². The summed E-state index contributed by atoms with van der Waals surface area (Å²) in [6.07, 6.45) is -3.11. The Hall–Kier alpha value is -3.87. The normalized spacial score (nSPS) is 11.7. The average Bonchev–Trinajstić information content (AvgIpc) is 2.72. The van der Waals surface area contributed by atoms with Gasteiger partial charge in [0.05, 0.1) is 11.9 Å². The van der Waals surface area contributed by atoms with Crippen LogP contribution in [-0.4, -0.2) is 30.5 Å². The molecule has 2 aromatic carbocycles. The first-order valence-corrected chi connectivity index (χ1v) is 11.6. The fourth-order valence-electron chi connectivity index (χ4n) is 3.04. The maximum Gasteiger partial charge on any atom is 0.421 e. The van der Waals surface area contributed by atoms with Crippen molar-refractivity contribution in [3.63, 3.8) is 0 Å². The third-order valence-electron chi connectivity index (χ3n) is 4.66. The van der Waals surface area contributed by atoms with E-state index in [1.807, 2.05) is 0 Å². The van der Waals surface area contributed by atoms with E-state index in [2.05, 4.69) is 25.3 Å². The first-order valence-electron chi connectivity index (χ1n) is 9.75. The molecule has 0 radical (unpaired) electrons. The van der Waals surface area contributed by atoms with Gasteiger partial charge in [-0.3, -0.25) is 9.52 Å². The number of anilines is 4. The Bertz CT molecular complexity index is 1310. The summed E-state index contributed by atoms with van der Waals surface area (Å²) in [5.41, 5.74) is 6.15. The van der Waals surface area contributed by atoms with Crippen LogP contribution in [0.3, 0.4) is 0 Å². The molecule has 3 aromatic rings. The van der Waals surface area contributed by atoms with Crippen molar-refractivity contribution in [2.75, 3.05) is 21.6 Å². The lowest BCUT2D eigenvalue weighted by Gasteiger charge is -2.17. The van der Waals surface area contributed by atoms with Crippen LogP contribution in [0.15, 0.2) is 48.7 Å². The number of sulfonamides is 1. The average molecular weight is 494 g/mol. The van der Waals surface area contributed by atoms with Crippen molar-refractivity contribution >= 4 is 39.1 Å². The molecule has 13 heteroatoms. The minimum absolute atomic E-state index is 0.124. The second-order valence-electron chi connectivity index (χ2n) is 7.35. The molecule has 1 heterocycles. The van der Waals surface area contributed by atoms with Gasteiger partial charge in [-0.05, 0) is 48.4 Å². The fourth-order valence-corrected chi connectivity index (χ4v) is 3.63. The molecule has 0 atom stereocenters. The highest BCUT2D eigenvalue weighted by Crippen LogP contribution is 2.34. The van der Waals surface area contributed by atoms with Gasteiger partial charge in [0.15, 0.2) is 0 Å². The molecule has 3 rings (SSSR count). The van der Waals surface area contributed by atoms with Crippen molar-refractivity contribution in [1.82, 2.24) is 9.97 Å². The zero-order valence-electron chi connectivity index (χ0n) is 18.1. The number of alkyl halides is 3. The molecule has 1 amide bonds. The molecule has 1 aromatic heterocycles. The number of aryl methyl sites for hydroxylation is 1. The molecular weight excluding hydrogens is 473 g/mol. The number of hydrogen-bond acceptors (Lipinski definition) is 7. The zero-order chi connectivity index (χ0) is 25.1. The maximum absolute atomic E-state index is 13.6. The first-order chi connectivity index (χ1) is 15.8. The summed E-state index contributed by atoms with van der Waals surface area (Å²) < 4.78 is 66.4. The van der Waals surface area contributed by atoms with Gasteiger partial charge >= 0.3 is 6.18 Å². The maximum atomic E-state index is 13.6. The molecule has 0 bridgehead atoms. The Balaban J connectivity index is 1.90. The Morgan fingerprint density at radius 1 is 1.12 bits per heavy atom. The number of hydrogen-bond donors (Lipinski definition) is 4. The Labute approximate surface area is 193 Å². The van der Waals surface area contributed by atoms with Gasteiger partial charge in [0.2, 0.25) is 21.9 Å². The molecule has 0 fully saturated rings. The quantitative estimate of drug-likeness (QED) is 0.375. The molecule has 0 aliphatic heterocycles. The second kappa shape index (κ2) is 9.55. The number of amides is 1. The SMILES string of the molecule is Cc1cccc(NS(C)(=O)=O)c1CNc1nc(Nc2ccc(C(N)=O)cc2)ncc1C(F)(F)F. The number of nitrogens with zero attached hydrogens (tertiary/aromatic N) is 2. The molecule has 34 heavy (non-hydrogen) atoms. The van der Waals surface area contributed by atoms with Crippen molar-refractivity contribution in [2.24, 2.45) is 5.73 Å². The predicted molar refractivity (Wildman–Crippen MR) is 122 cm³/mol. The molecule has 0 unspecified atom stereocenters. The highest BCUT2D eigenvalue weighted by molar-refractivity contribution is 7.92. The number of nitrogens with two attached hydrogens (primary N) is 1. The van der Waals surface area contributed by atoms with Gasteiger partial charge in [-0.15, -0.1) is 0 Å². The number of halogens is 3. The summed E-state index contributed by atoms with van der Waals surface area (Å²) >= 11 is 0. The van der Waals surface area contributed by atoms with Crippen LogP contribution in [0.4, 0.5) is 36.3 Å². The third-order valence-corrected chi connectivity index (χ3v) is 5.25. The van der Waals surface area contributed by atoms with Gasteiger partial charge < -0.3 is 16.4 Å². The van der Waals surface area contributed by atoms with Crippen LogP contribution < -0.4 is 21.1 Å². The summed E-state index contributed by atoms with van der Waals surface area (Å²) in [6, 6.07) is 10.8. The van der Waals surface area contributed by atoms with Crippen LogP contribution in [0.5, 0.6) is 0 Å². The minimum atomic E-state index is -4.73. The van der Waals surface area contributed by atoms with Crippen LogP contribution in [0.1, 0.15) is 27.0 Å². The number of benzene rings is 2. The van der Waals surface area contributed by atoms with Gasteiger partial charge in [-0.25, -0.2) is 13.4 Å². The molecular formula is C21H21F3N6O3S. The van der Waals surface area contributed by atoms with E-state index in [9.17, 15) is 26.4 Å². The van der Waals surface area contributed by atoms with Gasteiger partial charge in [-0.2, -0.15) is 18.2 Å². The summed E-state index contributed by atoms with van der Waals surface area (Å²) in [5, 5.41) is 5.41. The number of carbonyl (C=O) groups excluding carboxylic acids is 1. The number of carbonyl (C=O) groups is 1. The summed E-state index contributed by atoms with van der Waals surface area (Å²) in [4.78, 5) is 18.9. The van der Waals surface area contributed by atoms with E-state index in [-0.39, 0.29) is 23.7 Å². The van der Waals surface area contributed by atoms with E-state index in [1.165, 1.54) is 30.3 Å². The number of aromatic nitrogens is 2. The van der Waals surface area contributed by atoms with Crippen LogP contribution in [0, 0.1) is 6.92 Å². The lowest BCUT2D eigenvalue weighted by molar-refractivity contribution is -0.137. The van der Waals surface area contributed by atoms with Crippen LogP contribution >= 0.6 is 0 Å².